The number of alkyl halides is 3. The number of likely N-dealkylation sites (N-methyl/N-ethyl adjacent to an activating group) is 1. The number of pyridine rings is 1. The quantitative estimate of drug-likeness (QED) is 0.862. The summed E-state index contributed by atoms with van der Waals surface area (Å²) >= 11 is 0. The number of anilines is 1. The lowest BCUT2D eigenvalue weighted by atomic mass is 10.1. The molecule has 1 rings (SSSR count). The van der Waals surface area contributed by atoms with E-state index in [-0.39, 0.29) is 12.4 Å². The Bertz CT molecular complexity index is 419. The summed E-state index contributed by atoms with van der Waals surface area (Å²) in [5.74, 6) is 0.0915. The Morgan fingerprint density at radius 3 is 2.53 bits per heavy atom. The van der Waals surface area contributed by atoms with Crippen molar-refractivity contribution in [2.24, 2.45) is 0 Å². The van der Waals surface area contributed by atoms with E-state index in [1.165, 1.54) is 0 Å². The Labute approximate surface area is 110 Å². The molecular weight excluding hydrogens is 259 g/mol. The van der Waals surface area contributed by atoms with Gasteiger partial charge in [-0.05, 0) is 33.2 Å². The minimum atomic E-state index is -4.40. The molecular formula is C12H18F3N3O. The van der Waals surface area contributed by atoms with Crippen LogP contribution < -0.4 is 5.32 Å². The molecule has 0 radical (unpaired) electrons. The van der Waals surface area contributed by atoms with E-state index in [1.54, 1.807) is 25.9 Å². The lowest BCUT2D eigenvalue weighted by Crippen LogP contribution is -2.43. The predicted octanol–water partition coefficient (Wildman–Crippen LogP) is 1.82. The number of aliphatic hydroxyl groups is 1. The SMILES string of the molecule is CN(C)CC(C)(O)CNc1cc(C(F)(F)F)ccn1. The second-order valence-electron chi connectivity index (χ2n) is 5.02. The van der Waals surface area contributed by atoms with Crippen LogP contribution in [-0.2, 0) is 6.18 Å². The number of rotatable bonds is 5. The Balaban J connectivity index is 2.68. The van der Waals surface area contributed by atoms with Crippen LogP contribution in [0.5, 0.6) is 0 Å². The summed E-state index contributed by atoms with van der Waals surface area (Å²) in [7, 11) is 3.61. The van der Waals surface area contributed by atoms with E-state index >= 15 is 0 Å². The average Bonchev–Trinajstić information content (AvgIpc) is 2.24. The van der Waals surface area contributed by atoms with Gasteiger partial charge >= 0.3 is 6.18 Å². The summed E-state index contributed by atoms with van der Waals surface area (Å²) in [4.78, 5) is 5.59. The van der Waals surface area contributed by atoms with E-state index in [0.29, 0.717) is 6.54 Å². The van der Waals surface area contributed by atoms with E-state index < -0.39 is 17.3 Å². The third kappa shape index (κ3) is 5.44. The molecule has 108 valence electrons. The molecule has 7 heteroatoms. The number of aromatic nitrogens is 1. The third-order valence-corrected chi connectivity index (χ3v) is 2.39. The first-order valence-corrected chi connectivity index (χ1v) is 5.74. The van der Waals surface area contributed by atoms with Gasteiger partial charge in [-0.2, -0.15) is 13.2 Å². The minimum Gasteiger partial charge on any atom is -0.387 e. The molecule has 4 nitrogen and oxygen atoms in total. The van der Waals surface area contributed by atoms with Crippen molar-refractivity contribution in [2.45, 2.75) is 18.7 Å². The van der Waals surface area contributed by atoms with Gasteiger partial charge in [0.05, 0.1) is 11.2 Å². The zero-order valence-corrected chi connectivity index (χ0v) is 11.1. The molecule has 1 heterocycles. The smallest absolute Gasteiger partial charge is 0.387 e. The standard InChI is InChI=1S/C12H18F3N3O/c1-11(19,8-18(2)3)7-17-10-6-9(4-5-16-10)12(13,14)15/h4-6,19H,7-8H2,1-3H3,(H,16,17). The first kappa shape index (κ1) is 15.7. The molecule has 0 saturated heterocycles. The van der Waals surface area contributed by atoms with Crippen LogP contribution >= 0.6 is 0 Å². The molecule has 1 aromatic rings. The summed E-state index contributed by atoms with van der Waals surface area (Å²) in [5.41, 5.74) is -1.82. The van der Waals surface area contributed by atoms with Crippen LogP contribution in [0.2, 0.25) is 0 Å². The van der Waals surface area contributed by atoms with Crippen LogP contribution in [0, 0.1) is 0 Å². The van der Waals surface area contributed by atoms with Crippen molar-refractivity contribution in [2.75, 3.05) is 32.5 Å². The van der Waals surface area contributed by atoms with Crippen LogP contribution in [0.1, 0.15) is 12.5 Å². The normalized spacial score (nSPS) is 15.4. The fraction of sp³-hybridized carbons (Fsp3) is 0.583. The van der Waals surface area contributed by atoms with E-state index in [0.717, 1.165) is 18.3 Å². The molecule has 2 N–H and O–H groups in total. The molecule has 0 spiro atoms. The predicted molar refractivity (Wildman–Crippen MR) is 66.9 cm³/mol. The van der Waals surface area contributed by atoms with Crippen LogP contribution in [0.25, 0.3) is 0 Å². The van der Waals surface area contributed by atoms with Crippen LogP contribution in [0.15, 0.2) is 18.3 Å². The number of hydrogen-bond donors (Lipinski definition) is 2. The summed E-state index contributed by atoms with van der Waals surface area (Å²) < 4.78 is 37.5. The maximum absolute atomic E-state index is 12.5. The maximum Gasteiger partial charge on any atom is 0.416 e. The molecule has 0 aromatic carbocycles. The fourth-order valence-corrected chi connectivity index (χ4v) is 1.72. The zero-order valence-electron chi connectivity index (χ0n) is 11.1. The Morgan fingerprint density at radius 2 is 2.00 bits per heavy atom. The molecule has 0 aliphatic carbocycles. The lowest BCUT2D eigenvalue weighted by molar-refractivity contribution is -0.137. The van der Waals surface area contributed by atoms with Crippen LogP contribution in [0.3, 0.4) is 0 Å². The van der Waals surface area contributed by atoms with Crippen molar-refractivity contribution >= 4 is 5.82 Å². The Morgan fingerprint density at radius 1 is 1.37 bits per heavy atom. The molecule has 0 saturated carbocycles. The Kier molecular flexibility index (Phi) is 4.75. The van der Waals surface area contributed by atoms with Crippen molar-refractivity contribution < 1.29 is 18.3 Å². The van der Waals surface area contributed by atoms with Crippen molar-refractivity contribution in [3.8, 4) is 0 Å². The highest BCUT2D eigenvalue weighted by Crippen LogP contribution is 2.29. The van der Waals surface area contributed by atoms with Gasteiger partial charge in [0.1, 0.15) is 5.82 Å². The van der Waals surface area contributed by atoms with E-state index in [9.17, 15) is 18.3 Å². The summed E-state index contributed by atoms with van der Waals surface area (Å²) in [5, 5.41) is 12.7. The lowest BCUT2D eigenvalue weighted by Gasteiger charge is -2.27. The highest BCUT2D eigenvalue weighted by molar-refractivity contribution is 5.38. The molecule has 1 unspecified atom stereocenters. The first-order chi connectivity index (χ1) is 8.60. The van der Waals surface area contributed by atoms with Gasteiger partial charge in [-0.15, -0.1) is 0 Å². The Hall–Kier alpha value is -1.34. The molecule has 0 fully saturated rings. The van der Waals surface area contributed by atoms with Gasteiger partial charge in [0.25, 0.3) is 0 Å². The molecule has 1 aromatic heterocycles. The van der Waals surface area contributed by atoms with Crippen molar-refractivity contribution in [3.63, 3.8) is 0 Å². The second kappa shape index (κ2) is 5.75. The minimum absolute atomic E-state index is 0.0915. The van der Waals surface area contributed by atoms with Crippen LogP contribution in [0.4, 0.5) is 19.0 Å². The first-order valence-electron chi connectivity index (χ1n) is 5.74. The molecule has 0 aliphatic rings. The largest absolute Gasteiger partial charge is 0.416 e. The number of hydrogen-bond acceptors (Lipinski definition) is 4. The van der Waals surface area contributed by atoms with E-state index in [4.69, 9.17) is 0 Å². The highest BCUT2D eigenvalue weighted by atomic mass is 19.4. The second-order valence-corrected chi connectivity index (χ2v) is 5.02. The van der Waals surface area contributed by atoms with Gasteiger partial charge in [-0.1, -0.05) is 0 Å². The van der Waals surface area contributed by atoms with E-state index in [1.807, 2.05) is 0 Å². The van der Waals surface area contributed by atoms with Gasteiger partial charge in [-0.3, -0.25) is 0 Å². The molecule has 0 bridgehead atoms. The summed E-state index contributed by atoms with van der Waals surface area (Å²) in [6, 6.07) is 1.83. The number of nitrogens with one attached hydrogen (secondary N) is 1. The molecule has 1 atom stereocenters. The summed E-state index contributed by atoms with van der Waals surface area (Å²) in [6.07, 6.45) is -3.31. The van der Waals surface area contributed by atoms with Gasteiger partial charge in [0, 0.05) is 19.3 Å². The van der Waals surface area contributed by atoms with Crippen molar-refractivity contribution in [1.82, 2.24) is 9.88 Å². The van der Waals surface area contributed by atoms with Crippen molar-refractivity contribution in [1.29, 1.82) is 0 Å². The number of halogens is 3. The van der Waals surface area contributed by atoms with E-state index in [2.05, 4.69) is 10.3 Å². The van der Waals surface area contributed by atoms with Crippen molar-refractivity contribution in [3.05, 3.63) is 23.9 Å². The van der Waals surface area contributed by atoms with Gasteiger partial charge in [-0.25, -0.2) is 4.98 Å². The van der Waals surface area contributed by atoms with Gasteiger partial charge in [0.15, 0.2) is 0 Å². The average molecular weight is 277 g/mol. The molecule has 0 amide bonds. The topological polar surface area (TPSA) is 48.4 Å². The monoisotopic (exact) mass is 277 g/mol. The number of nitrogens with zero attached hydrogens (tertiary/aromatic N) is 2. The fourth-order valence-electron chi connectivity index (χ4n) is 1.72. The zero-order chi connectivity index (χ0) is 14.7. The summed E-state index contributed by atoms with van der Waals surface area (Å²) in [6.45, 7) is 2.10. The van der Waals surface area contributed by atoms with Crippen LogP contribution in [-0.4, -0.2) is 47.8 Å². The van der Waals surface area contributed by atoms with Gasteiger partial charge < -0.3 is 15.3 Å². The maximum atomic E-state index is 12.5. The molecule has 0 aliphatic heterocycles. The highest BCUT2D eigenvalue weighted by Gasteiger charge is 2.31. The van der Waals surface area contributed by atoms with Gasteiger partial charge in [0.2, 0.25) is 0 Å². The molecule has 19 heavy (non-hydrogen) atoms. The third-order valence-electron chi connectivity index (χ3n) is 2.39.